The van der Waals surface area contributed by atoms with Gasteiger partial charge in [-0.2, -0.15) is 0 Å². The summed E-state index contributed by atoms with van der Waals surface area (Å²) in [6.07, 6.45) is 4.10. The van der Waals surface area contributed by atoms with Crippen molar-refractivity contribution in [3.05, 3.63) is 51.5 Å². The maximum atomic E-state index is 11.7. The van der Waals surface area contributed by atoms with Crippen molar-refractivity contribution >= 4 is 40.8 Å². The van der Waals surface area contributed by atoms with E-state index in [2.05, 4.69) is 9.97 Å². The predicted octanol–water partition coefficient (Wildman–Crippen LogP) is 3.66. The highest BCUT2D eigenvalue weighted by atomic mass is 35.5. The Morgan fingerprint density at radius 3 is 2.33 bits per heavy atom. The smallest absolute Gasteiger partial charge is 0.364 e. The van der Waals surface area contributed by atoms with Crippen molar-refractivity contribution in [3.63, 3.8) is 0 Å². The molecule has 0 bridgehead atoms. The highest BCUT2D eigenvalue weighted by molar-refractivity contribution is 6.40. The first kappa shape index (κ1) is 13.1. The van der Waals surface area contributed by atoms with Crippen LogP contribution in [0.2, 0.25) is 15.1 Å². The Balaban J connectivity index is 2.28. The van der Waals surface area contributed by atoms with Gasteiger partial charge >= 0.3 is 5.97 Å². The van der Waals surface area contributed by atoms with E-state index in [9.17, 15) is 4.79 Å². The van der Waals surface area contributed by atoms with Crippen LogP contribution in [0.3, 0.4) is 0 Å². The minimum absolute atomic E-state index is 0.0402. The summed E-state index contributed by atoms with van der Waals surface area (Å²) in [5.74, 6) is -0.660. The molecular weight excluding hydrogens is 298 g/mol. The Kier molecular flexibility index (Phi) is 4.01. The summed E-state index contributed by atoms with van der Waals surface area (Å²) in [6.45, 7) is 0. The van der Waals surface area contributed by atoms with Crippen LogP contribution in [0.5, 0.6) is 5.75 Å². The average Bonchev–Trinajstić information content (AvgIpc) is 2.34. The van der Waals surface area contributed by atoms with E-state index in [1.807, 2.05) is 0 Å². The van der Waals surface area contributed by atoms with Crippen molar-refractivity contribution in [2.45, 2.75) is 0 Å². The zero-order valence-corrected chi connectivity index (χ0v) is 11.0. The molecule has 7 heteroatoms. The number of ether oxygens (including phenoxy) is 1. The molecule has 0 saturated heterocycles. The number of halogens is 3. The van der Waals surface area contributed by atoms with Crippen molar-refractivity contribution in [2.24, 2.45) is 0 Å². The fourth-order valence-electron chi connectivity index (χ4n) is 1.18. The van der Waals surface area contributed by atoms with E-state index in [0.717, 1.165) is 0 Å². The predicted molar refractivity (Wildman–Crippen MR) is 68.5 cm³/mol. The van der Waals surface area contributed by atoms with Crippen LogP contribution in [0.4, 0.5) is 0 Å². The van der Waals surface area contributed by atoms with Gasteiger partial charge in [0.25, 0.3) is 0 Å². The van der Waals surface area contributed by atoms with Gasteiger partial charge in [0.05, 0.1) is 16.2 Å². The third-order valence-electron chi connectivity index (χ3n) is 1.93. The molecule has 0 radical (unpaired) electrons. The normalized spacial score (nSPS) is 10.2. The number of hydrogen-bond acceptors (Lipinski definition) is 4. The zero-order chi connectivity index (χ0) is 13.1. The van der Waals surface area contributed by atoms with Gasteiger partial charge in [0.15, 0.2) is 11.4 Å². The Labute approximate surface area is 117 Å². The quantitative estimate of drug-likeness (QED) is 0.627. The second kappa shape index (κ2) is 5.52. The molecule has 1 heterocycles. The van der Waals surface area contributed by atoms with Crippen LogP contribution >= 0.6 is 34.8 Å². The summed E-state index contributed by atoms with van der Waals surface area (Å²) in [4.78, 5) is 19.3. The molecule has 0 fully saturated rings. The third-order valence-corrected chi connectivity index (χ3v) is 2.71. The molecule has 0 atom stereocenters. The number of aromatic nitrogens is 2. The molecule has 1 aromatic carbocycles. The number of benzene rings is 1. The van der Waals surface area contributed by atoms with Gasteiger partial charge in [0.1, 0.15) is 0 Å². The molecule has 92 valence electrons. The first-order valence-corrected chi connectivity index (χ1v) is 5.84. The van der Waals surface area contributed by atoms with E-state index in [-0.39, 0.29) is 21.5 Å². The highest BCUT2D eigenvalue weighted by Crippen LogP contribution is 2.36. The van der Waals surface area contributed by atoms with Crippen LogP contribution in [0.1, 0.15) is 10.5 Å². The summed E-state index contributed by atoms with van der Waals surface area (Å²) >= 11 is 17.5. The van der Waals surface area contributed by atoms with Crippen LogP contribution < -0.4 is 4.74 Å². The molecule has 0 amide bonds. The summed E-state index contributed by atoms with van der Waals surface area (Å²) in [5.41, 5.74) is 0.0552. The summed E-state index contributed by atoms with van der Waals surface area (Å²) in [5, 5.41) is 0.638. The molecule has 0 unspecified atom stereocenters. The average molecular weight is 304 g/mol. The van der Waals surface area contributed by atoms with E-state index in [0.29, 0.717) is 5.02 Å². The van der Waals surface area contributed by atoms with Gasteiger partial charge < -0.3 is 4.74 Å². The first-order chi connectivity index (χ1) is 8.58. The molecule has 0 N–H and O–H groups in total. The number of nitrogens with zero attached hydrogens (tertiary/aromatic N) is 2. The summed E-state index contributed by atoms with van der Waals surface area (Å²) in [6, 6.07) is 2.85. The van der Waals surface area contributed by atoms with E-state index >= 15 is 0 Å². The minimum Gasteiger partial charge on any atom is -0.419 e. The SMILES string of the molecule is O=C(Oc1c(Cl)cc(Cl)cc1Cl)c1cnccn1. The number of esters is 1. The molecule has 2 aromatic rings. The fraction of sp³-hybridized carbons (Fsp3) is 0. The van der Waals surface area contributed by atoms with Crippen LogP contribution in [0, 0.1) is 0 Å². The Hall–Kier alpha value is -1.36. The molecule has 0 aliphatic heterocycles. The van der Waals surface area contributed by atoms with Crippen LogP contribution in [-0.2, 0) is 0 Å². The molecule has 4 nitrogen and oxygen atoms in total. The topological polar surface area (TPSA) is 52.1 Å². The van der Waals surface area contributed by atoms with Gasteiger partial charge in [-0.1, -0.05) is 34.8 Å². The molecule has 0 spiro atoms. The Bertz CT molecular complexity index is 567. The lowest BCUT2D eigenvalue weighted by atomic mass is 10.3. The maximum Gasteiger partial charge on any atom is 0.364 e. The van der Waals surface area contributed by atoms with Gasteiger partial charge in [-0.15, -0.1) is 0 Å². The molecule has 0 aliphatic carbocycles. The number of rotatable bonds is 2. The Morgan fingerprint density at radius 1 is 1.11 bits per heavy atom. The van der Waals surface area contributed by atoms with Gasteiger partial charge in [-0.05, 0) is 12.1 Å². The first-order valence-electron chi connectivity index (χ1n) is 4.70. The molecule has 2 rings (SSSR count). The van der Waals surface area contributed by atoms with Gasteiger partial charge in [-0.3, -0.25) is 4.98 Å². The number of carbonyl (C=O) groups is 1. The van der Waals surface area contributed by atoms with E-state index in [1.165, 1.54) is 30.7 Å². The van der Waals surface area contributed by atoms with Gasteiger partial charge in [0, 0.05) is 17.4 Å². The zero-order valence-electron chi connectivity index (χ0n) is 8.73. The van der Waals surface area contributed by atoms with Crippen LogP contribution in [0.15, 0.2) is 30.7 Å². The molecular formula is C11H5Cl3N2O2. The lowest BCUT2D eigenvalue weighted by molar-refractivity contribution is 0.0728. The Morgan fingerprint density at radius 2 is 1.78 bits per heavy atom. The van der Waals surface area contributed by atoms with Crippen molar-refractivity contribution in [1.82, 2.24) is 9.97 Å². The standard InChI is InChI=1S/C11H5Cl3N2O2/c12-6-3-7(13)10(8(14)4-6)18-11(17)9-5-15-1-2-16-9/h1-5H. The second-order valence-corrected chi connectivity index (χ2v) is 4.43. The van der Waals surface area contributed by atoms with E-state index in [1.54, 1.807) is 0 Å². The largest absolute Gasteiger partial charge is 0.419 e. The van der Waals surface area contributed by atoms with Gasteiger partial charge in [0.2, 0.25) is 0 Å². The van der Waals surface area contributed by atoms with Crippen LogP contribution in [-0.4, -0.2) is 15.9 Å². The lowest BCUT2D eigenvalue weighted by Gasteiger charge is -2.07. The van der Waals surface area contributed by atoms with E-state index in [4.69, 9.17) is 39.5 Å². The fourth-order valence-corrected chi connectivity index (χ4v) is 2.07. The van der Waals surface area contributed by atoms with Crippen LogP contribution in [0.25, 0.3) is 0 Å². The van der Waals surface area contributed by atoms with Crippen molar-refractivity contribution in [2.75, 3.05) is 0 Å². The summed E-state index contributed by atoms with van der Waals surface area (Å²) < 4.78 is 5.05. The molecule has 18 heavy (non-hydrogen) atoms. The van der Waals surface area contributed by atoms with Crippen molar-refractivity contribution < 1.29 is 9.53 Å². The lowest BCUT2D eigenvalue weighted by Crippen LogP contribution is -2.11. The van der Waals surface area contributed by atoms with Gasteiger partial charge in [-0.25, -0.2) is 9.78 Å². The maximum absolute atomic E-state index is 11.7. The van der Waals surface area contributed by atoms with E-state index < -0.39 is 5.97 Å². The summed E-state index contributed by atoms with van der Waals surface area (Å²) in [7, 11) is 0. The monoisotopic (exact) mass is 302 g/mol. The number of carbonyl (C=O) groups excluding carboxylic acids is 1. The molecule has 0 saturated carbocycles. The number of hydrogen-bond donors (Lipinski definition) is 0. The van der Waals surface area contributed by atoms with Crippen molar-refractivity contribution in [1.29, 1.82) is 0 Å². The van der Waals surface area contributed by atoms with Crippen molar-refractivity contribution in [3.8, 4) is 5.75 Å². The molecule has 0 aliphatic rings. The minimum atomic E-state index is -0.700. The second-order valence-electron chi connectivity index (χ2n) is 3.18. The molecule has 1 aromatic heterocycles. The third kappa shape index (κ3) is 2.90. The highest BCUT2D eigenvalue weighted by Gasteiger charge is 2.16.